The van der Waals surface area contributed by atoms with Crippen LogP contribution in [0.25, 0.3) is 0 Å². The molecule has 0 saturated carbocycles. The van der Waals surface area contributed by atoms with Gasteiger partial charge in [0.1, 0.15) is 0 Å². The number of carboxylic acid groups (broad SMARTS) is 2. The molecule has 0 radical (unpaired) electrons. The van der Waals surface area contributed by atoms with Crippen LogP contribution < -0.4 is 0 Å². The fraction of sp³-hybridized carbons (Fsp3) is 0.462. The van der Waals surface area contributed by atoms with Crippen LogP contribution in [0.4, 0.5) is 13.2 Å². The molecular weight excluding hydrogens is 479 g/mol. The molecule has 1 fully saturated rings. The lowest BCUT2D eigenvalue weighted by Crippen LogP contribution is -2.45. The third-order valence-electron chi connectivity index (χ3n) is 6.63. The van der Waals surface area contributed by atoms with Gasteiger partial charge in [-0.05, 0) is 41.5 Å². The Hall–Kier alpha value is -2.95. The van der Waals surface area contributed by atoms with Crippen molar-refractivity contribution in [1.29, 1.82) is 0 Å². The van der Waals surface area contributed by atoms with Gasteiger partial charge < -0.3 is 24.6 Å². The van der Waals surface area contributed by atoms with Crippen molar-refractivity contribution in [3.63, 3.8) is 0 Å². The van der Waals surface area contributed by atoms with E-state index in [2.05, 4.69) is 29.2 Å². The van der Waals surface area contributed by atoms with E-state index in [1.807, 2.05) is 24.3 Å². The second-order valence-corrected chi connectivity index (χ2v) is 8.98. The van der Waals surface area contributed by atoms with Crippen molar-refractivity contribution >= 4 is 11.9 Å². The third-order valence-corrected chi connectivity index (χ3v) is 6.63. The summed E-state index contributed by atoms with van der Waals surface area (Å²) in [6.07, 6.45) is -2.73. The molecule has 2 heterocycles. The van der Waals surface area contributed by atoms with E-state index in [0.29, 0.717) is 26.2 Å². The SMILES string of the molecule is COCc1ccccc1CC(CN1CCC2(CC1)OCc1ccccc12)C(=O)O.O=C(O)C(F)(F)F. The van der Waals surface area contributed by atoms with Gasteiger partial charge in [-0.1, -0.05) is 48.5 Å². The second kappa shape index (κ2) is 11.9. The van der Waals surface area contributed by atoms with Crippen molar-refractivity contribution in [3.05, 3.63) is 70.8 Å². The van der Waals surface area contributed by atoms with Crippen LogP contribution in [0.1, 0.15) is 35.1 Å². The topological polar surface area (TPSA) is 96.3 Å². The molecule has 1 unspecified atom stereocenters. The molecule has 196 valence electrons. The average Bonchev–Trinajstić information content (AvgIpc) is 3.19. The summed E-state index contributed by atoms with van der Waals surface area (Å²) in [5.74, 6) is -3.92. The molecule has 1 spiro atoms. The highest BCUT2D eigenvalue weighted by Gasteiger charge is 2.42. The Morgan fingerprint density at radius 3 is 2.22 bits per heavy atom. The molecule has 36 heavy (non-hydrogen) atoms. The maximum atomic E-state index is 12.0. The molecule has 0 aliphatic carbocycles. The van der Waals surface area contributed by atoms with Crippen molar-refractivity contribution < 1.29 is 42.4 Å². The molecule has 0 aromatic heterocycles. The second-order valence-electron chi connectivity index (χ2n) is 8.98. The number of rotatable bonds is 7. The van der Waals surface area contributed by atoms with Crippen molar-refractivity contribution in [1.82, 2.24) is 4.90 Å². The minimum atomic E-state index is -5.08. The molecule has 4 rings (SSSR count). The van der Waals surface area contributed by atoms with Crippen LogP contribution in [0, 0.1) is 5.92 Å². The molecule has 0 bridgehead atoms. The van der Waals surface area contributed by atoms with Gasteiger partial charge in [0.25, 0.3) is 0 Å². The summed E-state index contributed by atoms with van der Waals surface area (Å²) in [6, 6.07) is 16.4. The summed E-state index contributed by atoms with van der Waals surface area (Å²) in [4.78, 5) is 23.2. The Morgan fingerprint density at radius 2 is 1.64 bits per heavy atom. The maximum absolute atomic E-state index is 12.0. The number of carboxylic acids is 2. The highest BCUT2D eigenvalue weighted by molar-refractivity contribution is 5.73. The number of alkyl halides is 3. The minimum absolute atomic E-state index is 0.184. The minimum Gasteiger partial charge on any atom is -0.481 e. The molecule has 0 amide bonds. The number of fused-ring (bicyclic) bond motifs is 2. The molecule has 1 saturated heterocycles. The summed E-state index contributed by atoms with van der Waals surface area (Å²) in [6.45, 7) is 3.47. The normalized spacial score (nSPS) is 17.7. The Labute approximate surface area is 207 Å². The summed E-state index contributed by atoms with van der Waals surface area (Å²) in [5, 5.41) is 17.0. The monoisotopic (exact) mass is 509 g/mol. The zero-order chi connectivity index (χ0) is 26.3. The van der Waals surface area contributed by atoms with Crippen LogP contribution in [0.3, 0.4) is 0 Å². The molecular formula is C26H30F3NO6. The lowest BCUT2D eigenvalue weighted by molar-refractivity contribution is -0.192. The Balaban J connectivity index is 0.000000454. The van der Waals surface area contributed by atoms with Crippen molar-refractivity contribution in [3.8, 4) is 0 Å². The van der Waals surface area contributed by atoms with Gasteiger partial charge >= 0.3 is 18.1 Å². The number of nitrogens with zero attached hydrogens (tertiary/aromatic N) is 1. The molecule has 7 nitrogen and oxygen atoms in total. The van der Waals surface area contributed by atoms with Gasteiger partial charge in [-0.25, -0.2) is 4.79 Å². The van der Waals surface area contributed by atoms with E-state index in [1.54, 1.807) is 7.11 Å². The number of piperidine rings is 1. The largest absolute Gasteiger partial charge is 0.490 e. The number of methoxy groups -OCH3 is 1. The van der Waals surface area contributed by atoms with E-state index < -0.39 is 24.0 Å². The maximum Gasteiger partial charge on any atom is 0.490 e. The summed E-state index contributed by atoms with van der Waals surface area (Å²) in [7, 11) is 1.66. The zero-order valence-electron chi connectivity index (χ0n) is 20.0. The first-order chi connectivity index (χ1) is 17.1. The van der Waals surface area contributed by atoms with E-state index in [4.69, 9.17) is 19.4 Å². The Kier molecular flexibility index (Phi) is 9.10. The molecule has 2 aliphatic heterocycles. The van der Waals surface area contributed by atoms with Gasteiger partial charge in [0.15, 0.2) is 0 Å². The van der Waals surface area contributed by atoms with E-state index >= 15 is 0 Å². The first kappa shape index (κ1) is 27.6. The van der Waals surface area contributed by atoms with Crippen LogP contribution in [0.2, 0.25) is 0 Å². The predicted octanol–water partition coefficient (Wildman–Crippen LogP) is 4.23. The molecule has 2 aromatic carbocycles. The van der Waals surface area contributed by atoms with Gasteiger partial charge in [0.2, 0.25) is 0 Å². The number of likely N-dealkylation sites (tertiary alicyclic amines) is 1. The highest BCUT2D eigenvalue weighted by atomic mass is 19.4. The van der Waals surface area contributed by atoms with Crippen LogP contribution in [-0.2, 0) is 44.3 Å². The van der Waals surface area contributed by atoms with Gasteiger partial charge in [-0.2, -0.15) is 13.2 Å². The van der Waals surface area contributed by atoms with Gasteiger partial charge in [-0.3, -0.25) is 4.79 Å². The van der Waals surface area contributed by atoms with E-state index in [-0.39, 0.29) is 5.60 Å². The van der Waals surface area contributed by atoms with Crippen molar-refractivity contribution in [2.24, 2.45) is 5.92 Å². The predicted molar refractivity (Wildman–Crippen MR) is 124 cm³/mol. The van der Waals surface area contributed by atoms with Gasteiger partial charge in [0, 0.05) is 26.7 Å². The highest BCUT2D eigenvalue weighted by Crippen LogP contribution is 2.44. The van der Waals surface area contributed by atoms with E-state index in [9.17, 15) is 23.1 Å². The summed E-state index contributed by atoms with van der Waals surface area (Å²) < 4.78 is 43.2. The van der Waals surface area contributed by atoms with Crippen molar-refractivity contribution in [2.75, 3.05) is 26.7 Å². The number of aliphatic carboxylic acids is 2. The fourth-order valence-corrected chi connectivity index (χ4v) is 4.75. The summed E-state index contributed by atoms with van der Waals surface area (Å²) >= 11 is 0. The number of ether oxygens (including phenoxy) is 2. The number of carbonyl (C=O) groups is 2. The number of benzene rings is 2. The Morgan fingerprint density at radius 1 is 1.06 bits per heavy atom. The first-order valence-corrected chi connectivity index (χ1v) is 11.6. The smallest absolute Gasteiger partial charge is 0.481 e. The molecule has 2 aromatic rings. The number of hydrogen-bond acceptors (Lipinski definition) is 5. The average molecular weight is 510 g/mol. The first-order valence-electron chi connectivity index (χ1n) is 11.6. The van der Waals surface area contributed by atoms with Crippen LogP contribution in [0.5, 0.6) is 0 Å². The third kappa shape index (κ3) is 6.83. The molecule has 1 atom stereocenters. The van der Waals surface area contributed by atoms with Crippen LogP contribution in [0.15, 0.2) is 48.5 Å². The standard InChI is InChI=1S/C24H29NO4.C2HF3O2/c1-28-16-19-7-3-2-6-18(19)14-21(23(26)27)15-25-12-10-24(11-13-25)22-9-5-4-8-20(22)17-29-24;3-2(4,5)1(6)7/h2-9,21H,10-17H2,1H3,(H,26,27);(H,6,7). The fourth-order valence-electron chi connectivity index (χ4n) is 4.75. The van der Waals surface area contributed by atoms with Crippen molar-refractivity contribution in [2.45, 2.75) is 44.3 Å². The Bertz CT molecular complexity index is 1050. The lowest BCUT2D eigenvalue weighted by Gasteiger charge is -2.40. The quantitative estimate of drug-likeness (QED) is 0.577. The van der Waals surface area contributed by atoms with Crippen LogP contribution in [-0.4, -0.2) is 60.0 Å². The lowest BCUT2D eigenvalue weighted by atomic mass is 9.83. The van der Waals surface area contributed by atoms with Crippen LogP contribution >= 0.6 is 0 Å². The van der Waals surface area contributed by atoms with Gasteiger partial charge in [-0.15, -0.1) is 0 Å². The number of hydrogen-bond donors (Lipinski definition) is 2. The molecule has 2 aliphatic rings. The zero-order valence-corrected chi connectivity index (χ0v) is 20.0. The molecule has 2 N–H and O–H groups in total. The van der Waals surface area contributed by atoms with E-state index in [1.165, 1.54) is 11.1 Å². The van der Waals surface area contributed by atoms with E-state index in [0.717, 1.165) is 37.1 Å². The number of halogens is 3. The molecule has 10 heteroatoms. The summed E-state index contributed by atoms with van der Waals surface area (Å²) in [5.41, 5.74) is 4.55. The van der Waals surface area contributed by atoms with Gasteiger partial charge in [0.05, 0.1) is 24.7 Å².